The Balaban J connectivity index is 1.48. The van der Waals surface area contributed by atoms with Gasteiger partial charge in [-0.3, -0.25) is 9.80 Å². The van der Waals surface area contributed by atoms with Gasteiger partial charge < -0.3 is 9.64 Å². The largest absolute Gasteiger partial charge is 0.444 e. The molecule has 5 heteroatoms. The zero-order chi connectivity index (χ0) is 20.1. The summed E-state index contributed by atoms with van der Waals surface area (Å²) in [4.78, 5) is 19.5. The number of piperazine rings is 1. The van der Waals surface area contributed by atoms with Gasteiger partial charge in [-0.2, -0.15) is 0 Å². The van der Waals surface area contributed by atoms with Crippen molar-refractivity contribution >= 4 is 6.09 Å². The average molecular weight is 388 g/mol. The van der Waals surface area contributed by atoms with E-state index >= 15 is 0 Å². The second-order valence-corrected chi connectivity index (χ2v) is 9.36. The Hall–Kier alpha value is -1.59. The van der Waals surface area contributed by atoms with Gasteiger partial charge in [0.05, 0.1) is 0 Å². The van der Waals surface area contributed by atoms with Gasteiger partial charge in [0.25, 0.3) is 0 Å². The summed E-state index contributed by atoms with van der Waals surface area (Å²) in [6, 6.07) is 11.6. The van der Waals surface area contributed by atoms with Gasteiger partial charge in [-0.05, 0) is 52.0 Å². The molecule has 1 amide bonds. The first-order valence-electron chi connectivity index (χ1n) is 10.8. The van der Waals surface area contributed by atoms with Crippen LogP contribution >= 0.6 is 0 Å². The number of amides is 1. The Morgan fingerprint density at radius 2 is 1.79 bits per heavy atom. The van der Waals surface area contributed by atoms with Crippen LogP contribution in [-0.2, 0) is 11.3 Å². The number of carbonyl (C=O) groups excluding carboxylic acids is 1. The summed E-state index contributed by atoms with van der Waals surface area (Å²) in [6.07, 6.45) is 4.39. The van der Waals surface area contributed by atoms with Gasteiger partial charge in [-0.1, -0.05) is 30.3 Å². The molecule has 2 fully saturated rings. The van der Waals surface area contributed by atoms with Gasteiger partial charge in [-0.15, -0.1) is 0 Å². The summed E-state index contributed by atoms with van der Waals surface area (Å²) in [7, 11) is 1.90. The van der Waals surface area contributed by atoms with E-state index < -0.39 is 5.60 Å². The van der Waals surface area contributed by atoms with Crippen molar-refractivity contribution in [3.05, 3.63) is 35.9 Å². The van der Waals surface area contributed by atoms with Crippen molar-refractivity contribution < 1.29 is 9.53 Å². The predicted molar refractivity (Wildman–Crippen MR) is 113 cm³/mol. The molecule has 5 nitrogen and oxygen atoms in total. The quantitative estimate of drug-likeness (QED) is 0.783. The van der Waals surface area contributed by atoms with Crippen LogP contribution in [0, 0.1) is 0 Å². The highest BCUT2D eigenvalue weighted by atomic mass is 16.6. The molecule has 1 aromatic carbocycles. The van der Waals surface area contributed by atoms with Crippen molar-refractivity contribution in [3.8, 4) is 0 Å². The van der Waals surface area contributed by atoms with Crippen molar-refractivity contribution in [1.82, 2.24) is 14.7 Å². The molecule has 2 unspecified atom stereocenters. The third-order valence-corrected chi connectivity index (χ3v) is 6.02. The second kappa shape index (κ2) is 9.27. The van der Waals surface area contributed by atoms with E-state index in [0.29, 0.717) is 6.04 Å². The summed E-state index contributed by atoms with van der Waals surface area (Å²) in [5.41, 5.74) is 0.960. The summed E-state index contributed by atoms with van der Waals surface area (Å²) in [5, 5.41) is 0. The third-order valence-electron chi connectivity index (χ3n) is 6.02. The van der Waals surface area contributed by atoms with Crippen LogP contribution in [0.4, 0.5) is 4.79 Å². The van der Waals surface area contributed by atoms with Gasteiger partial charge >= 0.3 is 6.09 Å². The minimum Gasteiger partial charge on any atom is -0.444 e. The van der Waals surface area contributed by atoms with Gasteiger partial charge in [0.2, 0.25) is 0 Å². The molecular weight excluding hydrogens is 350 g/mol. The molecular formula is C23H37N3O2. The van der Waals surface area contributed by atoms with Crippen molar-refractivity contribution in [3.63, 3.8) is 0 Å². The minimum atomic E-state index is -0.436. The van der Waals surface area contributed by atoms with Gasteiger partial charge in [0, 0.05) is 51.9 Å². The van der Waals surface area contributed by atoms with E-state index in [9.17, 15) is 4.79 Å². The van der Waals surface area contributed by atoms with Gasteiger partial charge in [0.15, 0.2) is 0 Å². The molecule has 3 rings (SSSR count). The fourth-order valence-corrected chi connectivity index (χ4v) is 4.43. The molecule has 2 atom stereocenters. The molecule has 0 radical (unpaired) electrons. The zero-order valence-corrected chi connectivity index (χ0v) is 18.1. The second-order valence-electron chi connectivity index (χ2n) is 9.36. The lowest BCUT2D eigenvalue weighted by Gasteiger charge is -2.44. The van der Waals surface area contributed by atoms with Crippen molar-refractivity contribution in [2.45, 2.75) is 70.7 Å². The van der Waals surface area contributed by atoms with Crippen LogP contribution in [0.25, 0.3) is 0 Å². The van der Waals surface area contributed by atoms with Crippen LogP contribution in [-0.4, -0.2) is 71.7 Å². The topological polar surface area (TPSA) is 36.0 Å². The molecule has 0 aromatic heterocycles. The molecule has 0 bridgehead atoms. The van der Waals surface area contributed by atoms with Crippen LogP contribution in [0.2, 0.25) is 0 Å². The molecule has 1 aliphatic heterocycles. The van der Waals surface area contributed by atoms with Crippen LogP contribution < -0.4 is 0 Å². The van der Waals surface area contributed by atoms with E-state index in [1.165, 1.54) is 18.4 Å². The van der Waals surface area contributed by atoms with E-state index in [-0.39, 0.29) is 12.1 Å². The Labute approximate surface area is 170 Å². The maximum atomic E-state index is 12.4. The first-order valence-corrected chi connectivity index (χ1v) is 10.8. The maximum absolute atomic E-state index is 12.4. The fraction of sp³-hybridized carbons (Fsp3) is 0.696. The molecule has 0 N–H and O–H groups in total. The number of nitrogens with zero attached hydrogens (tertiary/aromatic N) is 3. The standard InChI is InChI=1S/C23H37N3O2/c1-23(2,3)28-22(27)24(4)20-11-8-12-21(17-20)26-15-13-25(14-16-26)18-19-9-6-5-7-10-19/h5-7,9-10,20-21H,8,11-18H2,1-4H3. The van der Waals surface area contributed by atoms with E-state index in [4.69, 9.17) is 4.74 Å². The summed E-state index contributed by atoms with van der Waals surface area (Å²) in [5.74, 6) is 0. The van der Waals surface area contributed by atoms with Crippen LogP contribution in [0.5, 0.6) is 0 Å². The Morgan fingerprint density at radius 3 is 2.43 bits per heavy atom. The smallest absolute Gasteiger partial charge is 0.410 e. The van der Waals surface area contributed by atoms with E-state index in [0.717, 1.165) is 45.6 Å². The molecule has 156 valence electrons. The first-order chi connectivity index (χ1) is 13.3. The third kappa shape index (κ3) is 5.95. The van der Waals surface area contributed by atoms with Crippen LogP contribution in [0.15, 0.2) is 30.3 Å². The Morgan fingerprint density at radius 1 is 1.11 bits per heavy atom. The monoisotopic (exact) mass is 387 g/mol. The first kappa shape index (κ1) is 21.1. The lowest BCUT2D eigenvalue weighted by atomic mass is 9.89. The minimum absolute atomic E-state index is 0.189. The molecule has 28 heavy (non-hydrogen) atoms. The van der Waals surface area contributed by atoms with E-state index in [1.807, 2.05) is 32.7 Å². The Kier molecular flexibility index (Phi) is 7.00. The highest BCUT2D eigenvalue weighted by molar-refractivity contribution is 5.68. The molecule has 1 aliphatic carbocycles. The van der Waals surface area contributed by atoms with Crippen molar-refractivity contribution in [2.75, 3.05) is 33.2 Å². The number of hydrogen-bond acceptors (Lipinski definition) is 4. The van der Waals surface area contributed by atoms with E-state index in [1.54, 1.807) is 0 Å². The number of carbonyl (C=O) groups is 1. The number of rotatable bonds is 4. The zero-order valence-electron chi connectivity index (χ0n) is 18.1. The molecule has 1 heterocycles. The average Bonchev–Trinajstić information content (AvgIpc) is 2.67. The van der Waals surface area contributed by atoms with Crippen molar-refractivity contribution in [2.24, 2.45) is 0 Å². The van der Waals surface area contributed by atoms with Crippen LogP contribution in [0.3, 0.4) is 0 Å². The van der Waals surface area contributed by atoms with Gasteiger partial charge in [-0.25, -0.2) is 4.79 Å². The number of ether oxygens (including phenoxy) is 1. The molecule has 1 saturated heterocycles. The summed E-state index contributed by atoms with van der Waals surface area (Å²) in [6.45, 7) is 11.3. The lowest BCUT2D eigenvalue weighted by Crippen LogP contribution is -2.53. The lowest BCUT2D eigenvalue weighted by molar-refractivity contribution is 0.00913. The SMILES string of the molecule is CN(C(=O)OC(C)(C)C)C1CCCC(N2CCN(Cc3ccccc3)CC2)C1. The van der Waals surface area contributed by atoms with E-state index in [2.05, 4.69) is 40.1 Å². The predicted octanol–water partition coefficient (Wildman–Crippen LogP) is 3.98. The van der Waals surface area contributed by atoms with Crippen LogP contribution in [0.1, 0.15) is 52.0 Å². The normalized spacial score (nSPS) is 24.7. The summed E-state index contributed by atoms with van der Waals surface area (Å²) >= 11 is 0. The Bertz CT molecular complexity index is 620. The highest BCUT2D eigenvalue weighted by Crippen LogP contribution is 2.28. The molecule has 2 aliphatic rings. The molecule has 1 aromatic rings. The molecule has 0 spiro atoms. The number of benzene rings is 1. The fourth-order valence-electron chi connectivity index (χ4n) is 4.43. The number of hydrogen-bond donors (Lipinski definition) is 0. The molecule has 1 saturated carbocycles. The van der Waals surface area contributed by atoms with Crippen molar-refractivity contribution in [1.29, 1.82) is 0 Å². The highest BCUT2D eigenvalue weighted by Gasteiger charge is 2.33. The maximum Gasteiger partial charge on any atom is 0.410 e. The van der Waals surface area contributed by atoms with Gasteiger partial charge in [0.1, 0.15) is 5.60 Å². The summed E-state index contributed by atoms with van der Waals surface area (Å²) < 4.78 is 5.57.